The van der Waals surface area contributed by atoms with Crippen LogP contribution in [0, 0.1) is 0 Å². The second-order valence-corrected chi connectivity index (χ2v) is 7.28. The third-order valence-electron chi connectivity index (χ3n) is 5.35. The molecular weight excluding hydrogens is 368 g/mol. The number of nitrogens with zero attached hydrogens (tertiary/aromatic N) is 2. The SMILES string of the molecule is COc1ccc(CN2CC[C@@H](Oc3ccc4ncccc4c3)[C@H](O)C2)c(OC)c1. The van der Waals surface area contributed by atoms with Crippen LogP contribution in [0.2, 0.25) is 0 Å². The predicted octanol–water partition coefficient (Wildman–Crippen LogP) is 3.27. The van der Waals surface area contributed by atoms with Crippen molar-refractivity contribution in [3.63, 3.8) is 0 Å². The van der Waals surface area contributed by atoms with Crippen molar-refractivity contribution in [1.82, 2.24) is 9.88 Å². The average Bonchev–Trinajstić information content (AvgIpc) is 2.76. The molecule has 4 rings (SSSR count). The van der Waals surface area contributed by atoms with E-state index in [1.165, 1.54) is 0 Å². The van der Waals surface area contributed by atoms with Crippen LogP contribution in [-0.2, 0) is 6.54 Å². The Morgan fingerprint density at radius 2 is 1.93 bits per heavy atom. The number of fused-ring (bicyclic) bond motifs is 1. The summed E-state index contributed by atoms with van der Waals surface area (Å²) in [5.74, 6) is 2.32. The molecule has 0 spiro atoms. The number of aliphatic hydroxyl groups excluding tert-OH is 1. The van der Waals surface area contributed by atoms with E-state index in [-0.39, 0.29) is 6.10 Å². The van der Waals surface area contributed by atoms with Gasteiger partial charge in [0.1, 0.15) is 29.5 Å². The van der Waals surface area contributed by atoms with E-state index in [9.17, 15) is 5.11 Å². The van der Waals surface area contributed by atoms with Gasteiger partial charge >= 0.3 is 0 Å². The quantitative estimate of drug-likeness (QED) is 0.692. The summed E-state index contributed by atoms with van der Waals surface area (Å²) in [7, 11) is 3.30. The Kier molecular flexibility index (Phi) is 5.83. The highest BCUT2D eigenvalue weighted by Gasteiger charge is 2.29. The van der Waals surface area contributed by atoms with Crippen molar-refractivity contribution in [3.8, 4) is 17.2 Å². The fourth-order valence-corrected chi connectivity index (χ4v) is 3.78. The van der Waals surface area contributed by atoms with Gasteiger partial charge in [-0.2, -0.15) is 0 Å². The summed E-state index contributed by atoms with van der Waals surface area (Å²) in [5, 5.41) is 11.7. The first-order valence-corrected chi connectivity index (χ1v) is 9.79. The molecule has 1 aliphatic rings. The molecule has 152 valence electrons. The molecule has 6 heteroatoms. The molecule has 3 aromatic rings. The average molecular weight is 394 g/mol. The van der Waals surface area contributed by atoms with Crippen molar-refractivity contribution < 1.29 is 19.3 Å². The lowest BCUT2D eigenvalue weighted by Crippen LogP contribution is -2.48. The maximum atomic E-state index is 10.7. The third kappa shape index (κ3) is 4.44. The summed E-state index contributed by atoms with van der Waals surface area (Å²) >= 11 is 0. The van der Waals surface area contributed by atoms with E-state index < -0.39 is 6.10 Å². The number of ether oxygens (including phenoxy) is 3. The normalized spacial score (nSPS) is 19.8. The summed E-state index contributed by atoms with van der Waals surface area (Å²) < 4.78 is 16.9. The van der Waals surface area contributed by atoms with Crippen LogP contribution in [-0.4, -0.2) is 54.5 Å². The van der Waals surface area contributed by atoms with Crippen molar-refractivity contribution in [1.29, 1.82) is 0 Å². The lowest BCUT2D eigenvalue weighted by atomic mass is 10.0. The number of hydrogen-bond acceptors (Lipinski definition) is 6. The Morgan fingerprint density at radius 1 is 1.07 bits per heavy atom. The standard InChI is InChI=1S/C23H26N2O4/c1-27-18-6-5-17(23(13-18)28-2)14-25-11-9-22(21(26)15-25)29-19-7-8-20-16(12-19)4-3-10-24-20/h3-8,10,12-13,21-22,26H,9,11,14-15H2,1-2H3/t21-,22-/m1/s1. The molecule has 0 amide bonds. The van der Waals surface area contributed by atoms with Crippen molar-refractivity contribution in [3.05, 3.63) is 60.3 Å². The summed E-state index contributed by atoms with van der Waals surface area (Å²) in [4.78, 5) is 6.55. The van der Waals surface area contributed by atoms with Gasteiger partial charge in [0.25, 0.3) is 0 Å². The van der Waals surface area contributed by atoms with Gasteiger partial charge in [0.2, 0.25) is 0 Å². The summed E-state index contributed by atoms with van der Waals surface area (Å²) in [6, 6.07) is 15.6. The largest absolute Gasteiger partial charge is 0.497 e. The maximum absolute atomic E-state index is 10.7. The van der Waals surface area contributed by atoms with Crippen LogP contribution < -0.4 is 14.2 Å². The number of likely N-dealkylation sites (tertiary alicyclic amines) is 1. The second-order valence-electron chi connectivity index (χ2n) is 7.28. The number of methoxy groups -OCH3 is 2. The van der Waals surface area contributed by atoms with Gasteiger partial charge < -0.3 is 19.3 Å². The highest BCUT2D eigenvalue weighted by atomic mass is 16.5. The van der Waals surface area contributed by atoms with E-state index in [4.69, 9.17) is 14.2 Å². The number of rotatable bonds is 6. The molecule has 1 saturated heterocycles. The number of hydrogen-bond donors (Lipinski definition) is 1. The first-order chi connectivity index (χ1) is 14.2. The Morgan fingerprint density at radius 3 is 2.72 bits per heavy atom. The first kappa shape index (κ1) is 19.5. The number of pyridine rings is 1. The zero-order chi connectivity index (χ0) is 20.2. The Bertz CT molecular complexity index is 978. The second kappa shape index (κ2) is 8.68. The van der Waals surface area contributed by atoms with Crippen molar-refractivity contribution in [2.75, 3.05) is 27.3 Å². The Hall–Kier alpha value is -2.83. The topological polar surface area (TPSA) is 64.1 Å². The molecule has 1 aromatic heterocycles. The van der Waals surface area contributed by atoms with Crippen LogP contribution in [0.1, 0.15) is 12.0 Å². The molecule has 0 unspecified atom stereocenters. The van der Waals surface area contributed by atoms with Crippen LogP contribution in [0.3, 0.4) is 0 Å². The van der Waals surface area contributed by atoms with Crippen LogP contribution in [0.5, 0.6) is 17.2 Å². The van der Waals surface area contributed by atoms with E-state index in [0.29, 0.717) is 13.1 Å². The van der Waals surface area contributed by atoms with Crippen LogP contribution in [0.15, 0.2) is 54.7 Å². The summed E-state index contributed by atoms with van der Waals surface area (Å²) in [6.07, 6.45) is 1.75. The van der Waals surface area contributed by atoms with Gasteiger partial charge in [-0.05, 0) is 36.8 Å². The molecular formula is C23H26N2O4. The van der Waals surface area contributed by atoms with Gasteiger partial charge in [-0.3, -0.25) is 9.88 Å². The van der Waals surface area contributed by atoms with Crippen molar-refractivity contribution in [2.24, 2.45) is 0 Å². The summed E-state index contributed by atoms with van der Waals surface area (Å²) in [6.45, 7) is 2.10. The van der Waals surface area contributed by atoms with E-state index in [0.717, 1.165) is 46.7 Å². The van der Waals surface area contributed by atoms with E-state index in [1.807, 2.05) is 48.5 Å². The number of aliphatic hydroxyl groups is 1. The molecule has 2 atom stereocenters. The van der Waals surface area contributed by atoms with Gasteiger partial charge in [-0.1, -0.05) is 12.1 Å². The van der Waals surface area contributed by atoms with Gasteiger partial charge in [-0.15, -0.1) is 0 Å². The highest BCUT2D eigenvalue weighted by molar-refractivity contribution is 5.79. The zero-order valence-corrected chi connectivity index (χ0v) is 16.7. The Balaban J connectivity index is 1.39. The van der Waals surface area contributed by atoms with E-state index in [2.05, 4.69) is 9.88 Å². The predicted molar refractivity (Wildman–Crippen MR) is 112 cm³/mol. The number of piperidine rings is 1. The summed E-state index contributed by atoms with van der Waals surface area (Å²) in [5.41, 5.74) is 2.01. The molecule has 0 aliphatic carbocycles. The van der Waals surface area contributed by atoms with Gasteiger partial charge in [0.15, 0.2) is 0 Å². The fourth-order valence-electron chi connectivity index (χ4n) is 3.78. The molecule has 6 nitrogen and oxygen atoms in total. The van der Waals surface area contributed by atoms with Gasteiger partial charge in [0.05, 0.1) is 19.7 Å². The molecule has 0 bridgehead atoms. The molecule has 2 heterocycles. The van der Waals surface area contributed by atoms with E-state index >= 15 is 0 Å². The van der Waals surface area contributed by atoms with Crippen LogP contribution >= 0.6 is 0 Å². The van der Waals surface area contributed by atoms with Crippen molar-refractivity contribution in [2.45, 2.75) is 25.2 Å². The van der Waals surface area contributed by atoms with Crippen LogP contribution in [0.4, 0.5) is 0 Å². The Labute approximate surface area is 170 Å². The lowest BCUT2D eigenvalue weighted by molar-refractivity contribution is -0.0275. The molecule has 2 aromatic carbocycles. The molecule has 1 fully saturated rings. The molecule has 1 N–H and O–H groups in total. The molecule has 0 saturated carbocycles. The minimum Gasteiger partial charge on any atom is -0.497 e. The molecule has 29 heavy (non-hydrogen) atoms. The number of aromatic nitrogens is 1. The maximum Gasteiger partial charge on any atom is 0.127 e. The molecule has 1 aliphatic heterocycles. The number of benzene rings is 2. The first-order valence-electron chi connectivity index (χ1n) is 9.79. The highest BCUT2D eigenvalue weighted by Crippen LogP contribution is 2.28. The van der Waals surface area contributed by atoms with Gasteiger partial charge in [-0.25, -0.2) is 0 Å². The third-order valence-corrected chi connectivity index (χ3v) is 5.35. The smallest absolute Gasteiger partial charge is 0.127 e. The minimum atomic E-state index is -0.558. The van der Waals surface area contributed by atoms with Crippen molar-refractivity contribution >= 4 is 10.9 Å². The lowest BCUT2D eigenvalue weighted by Gasteiger charge is -2.36. The van der Waals surface area contributed by atoms with Crippen LogP contribution in [0.25, 0.3) is 10.9 Å². The fraction of sp³-hybridized carbons (Fsp3) is 0.348. The zero-order valence-electron chi connectivity index (χ0n) is 16.7. The molecule has 0 radical (unpaired) electrons. The number of β-amino-alcohol motifs (C(OH)–C–C–N with tert-alkyl or cyclic N) is 1. The monoisotopic (exact) mass is 394 g/mol. The van der Waals surface area contributed by atoms with Gasteiger partial charge in [0, 0.05) is 42.8 Å². The van der Waals surface area contributed by atoms with E-state index in [1.54, 1.807) is 20.4 Å². The minimum absolute atomic E-state index is 0.224.